The molecule has 180 valence electrons. The van der Waals surface area contributed by atoms with Crippen molar-refractivity contribution in [2.45, 2.75) is 32.6 Å². The molecule has 8 heteroatoms. The fourth-order valence-corrected chi connectivity index (χ4v) is 4.45. The molecule has 3 aromatic rings. The third kappa shape index (κ3) is 7.32. The minimum Gasteiger partial charge on any atom is -0.494 e. The molecule has 1 heterocycles. The van der Waals surface area contributed by atoms with Crippen LogP contribution >= 0.6 is 23.7 Å². The number of unbranched alkanes of at least 4 members (excludes halogenated alkanes) is 2. The van der Waals surface area contributed by atoms with E-state index in [1.54, 1.807) is 12.0 Å². The lowest BCUT2D eigenvalue weighted by atomic mass is 10.2. The summed E-state index contributed by atoms with van der Waals surface area (Å²) in [6.07, 6.45) is 4.15. The van der Waals surface area contributed by atoms with Crippen molar-refractivity contribution in [2.75, 3.05) is 45.8 Å². The first-order chi connectivity index (χ1) is 15.5. The van der Waals surface area contributed by atoms with Crippen molar-refractivity contribution >= 4 is 45.0 Å². The molecule has 3 rings (SSSR count). The van der Waals surface area contributed by atoms with Gasteiger partial charge in [-0.2, -0.15) is 0 Å². The second kappa shape index (κ2) is 13.4. The van der Waals surface area contributed by atoms with Gasteiger partial charge in [-0.05, 0) is 63.8 Å². The Hall–Kier alpha value is -2.35. The van der Waals surface area contributed by atoms with Gasteiger partial charge in [-0.15, -0.1) is 12.4 Å². The van der Waals surface area contributed by atoms with E-state index in [2.05, 4.69) is 11.8 Å². The lowest BCUT2D eigenvalue weighted by molar-refractivity contribution is 0.0985. The van der Waals surface area contributed by atoms with Crippen molar-refractivity contribution in [1.82, 2.24) is 9.88 Å². The Labute approximate surface area is 206 Å². The minimum atomic E-state index is -0.0687. The highest BCUT2D eigenvalue weighted by molar-refractivity contribution is 7.22. The Bertz CT molecular complexity index is 1030. The van der Waals surface area contributed by atoms with E-state index in [1.165, 1.54) is 11.3 Å². The first kappa shape index (κ1) is 26.9. The number of amides is 1. The van der Waals surface area contributed by atoms with Gasteiger partial charge in [0.2, 0.25) is 0 Å². The molecule has 0 aliphatic carbocycles. The third-order valence-electron chi connectivity index (χ3n) is 5.15. The van der Waals surface area contributed by atoms with Crippen molar-refractivity contribution in [2.24, 2.45) is 0 Å². The fraction of sp³-hybridized carbons (Fsp3) is 0.440. The zero-order valence-corrected chi connectivity index (χ0v) is 21.5. The summed E-state index contributed by atoms with van der Waals surface area (Å²) in [5.41, 5.74) is 1.39. The molecular weight excluding hydrogens is 458 g/mol. The lowest BCUT2D eigenvalue weighted by Gasteiger charge is -2.21. The fourth-order valence-electron chi connectivity index (χ4n) is 3.44. The number of hydrogen-bond acceptors (Lipinski definition) is 6. The molecule has 0 aliphatic rings. The van der Waals surface area contributed by atoms with Crippen LogP contribution in [-0.2, 0) is 0 Å². The zero-order chi connectivity index (χ0) is 22.9. The molecule has 0 saturated carbocycles. The Morgan fingerprint density at radius 1 is 1.06 bits per heavy atom. The van der Waals surface area contributed by atoms with Crippen LogP contribution in [0.3, 0.4) is 0 Å². The van der Waals surface area contributed by atoms with Crippen molar-refractivity contribution in [3.8, 4) is 11.5 Å². The summed E-state index contributed by atoms with van der Waals surface area (Å²) in [6.45, 7) is 4.30. The maximum absolute atomic E-state index is 13.6. The normalized spacial score (nSPS) is 10.8. The molecule has 2 aromatic carbocycles. The smallest absolute Gasteiger partial charge is 0.260 e. The van der Waals surface area contributed by atoms with Crippen LogP contribution in [0.25, 0.3) is 10.2 Å². The van der Waals surface area contributed by atoms with Crippen molar-refractivity contribution in [3.63, 3.8) is 0 Å². The molecule has 0 spiro atoms. The number of halogens is 1. The minimum absolute atomic E-state index is 0. The van der Waals surface area contributed by atoms with E-state index in [-0.39, 0.29) is 18.3 Å². The summed E-state index contributed by atoms with van der Waals surface area (Å²) in [4.78, 5) is 22.2. The Morgan fingerprint density at radius 3 is 2.58 bits per heavy atom. The molecule has 6 nitrogen and oxygen atoms in total. The van der Waals surface area contributed by atoms with Crippen LogP contribution < -0.4 is 14.4 Å². The van der Waals surface area contributed by atoms with Crippen molar-refractivity contribution in [1.29, 1.82) is 0 Å². The maximum atomic E-state index is 13.6. The van der Waals surface area contributed by atoms with E-state index >= 15 is 0 Å². The van der Waals surface area contributed by atoms with Crippen LogP contribution in [-0.4, -0.2) is 56.7 Å². The number of anilines is 1. The van der Waals surface area contributed by atoms with Crippen LogP contribution in [0.4, 0.5) is 5.13 Å². The van der Waals surface area contributed by atoms with Crippen molar-refractivity contribution in [3.05, 3.63) is 48.0 Å². The van der Waals surface area contributed by atoms with E-state index in [9.17, 15) is 4.79 Å². The topological polar surface area (TPSA) is 54.9 Å². The monoisotopic (exact) mass is 491 g/mol. The lowest BCUT2D eigenvalue weighted by Crippen LogP contribution is -2.33. The van der Waals surface area contributed by atoms with E-state index in [4.69, 9.17) is 14.5 Å². The van der Waals surface area contributed by atoms with Gasteiger partial charge in [0, 0.05) is 12.1 Å². The van der Waals surface area contributed by atoms with Gasteiger partial charge in [-0.3, -0.25) is 9.69 Å². The first-order valence-corrected chi connectivity index (χ1v) is 12.0. The van der Waals surface area contributed by atoms with Crippen molar-refractivity contribution < 1.29 is 14.3 Å². The predicted molar refractivity (Wildman–Crippen MR) is 140 cm³/mol. The van der Waals surface area contributed by atoms with Crippen LogP contribution in [0.5, 0.6) is 11.5 Å². The van der Waals surface area contributed by atoms with Crippen LogP contribution in [0.2, 0.25) is 0 Å². The number of rotatable bonds is 12. The standard InChI is InChI=1S/C25H33N3O3S.ClH/c1-5-6-7-17-31-20-12-8-11-19(18-20)24(29)28(16-10-15-27(2)3)25-26-23-21(30-4)13-9-14-22(23)32-25;/h8-9,11-14,18H,5-7,10,15-17H2,1-4H3;1H. The second-order valence-corrected chi connectivity index (χ2v) is 9.01. The van der Waals surface area contributed by atoms with Gasteiger partial charge >= 0.3 is 0 Å². The summed E-state index contributed by atoms with van der Waals surface area (Å²) >= 11 is 1.51. The molecule has 0 saturated heterocycles. The number of thiazole rings is 1. The summed E-state index contributed by atoms with van der Waals surface area (Å²) < 4.78 is 12.3. The summed E-state index contributed by atoms with van der Waals surface area (Å²) in [5.74, 6) is 1.38. The van der Waals surface area contributed by atoms with Gasteiger partial charge in [0.1, 0.15) is 17.0 Å². The summed E-state index contributed by atoms with van der Waals surface area (Å²) in [7, 11) is 5.71. The number of aromatic nitrogens is 1. The average molecular weight is 492 g/mol. The van der Waals surface area contributed by atoms with Gasteiger partial charge in [0.25, 0.3) is 5.91 Å². The SMILES string of the molecule is CCCCCOc1cccc(C(=O)N(CCCN(C)C)c2nc3c(OC)cccc3s2)c1.Cl. The highest BCUT2D eigenvalue weighted by Crippen LogP contribution is 2.34. The molecule has 0 atom stereocenters. The number of hydrogen-bond donors (Lipinski definition) is 0. The molecule has 0 radical (unpaired) electrons. The summed E-state index contributed by atoms with van der Waals surface area (Å²) in [5, 5.41) is 0.683. The third-order valence-corrected chi connectivity index (χ3v) is 6.19. The number of fused-ring (bicyclic) bond motifs is 1. The number of ether oxygens (including phenoxy) is 2. The largest absolute Gasteiger partial charge is 0.494 e. The van der Waals surface area contributed by atoms with E-state index in [1.807, 2.05) is 56.6 Å². The molecule has 33 heavy (non-hydrogen) atoms. The molecule has 0 N–H and O–H groups in total. The molecule has 1 aromatic heterocycles. The van der Waals surface area contributed by atoms with Crippen LogP contribution in [0, 0.1) is 0 Å². The summed E-state index contributed by atoms with van der Waals surface area (Å²) in [6, 6.07) is 13.3. The number of methoxy groups -OCH3 is 1. The molecule has 0 fully saturated rings. The number of nitrogens with zero attached hydrogens (tertiary/aromatic N) is 3. The van der Waals surface area contributed by atoms with Gasteiger partial charge < -0.3 is 14.4 Å². The van der Waals surface area contributed by atoms with Crippen LogP contribution in [0.1, 0.15) is 43.0 Å². The second-order valence-electron chi connectivity index (χ2n) is 8.00. The quantitative estimate of drug-likeness (QED) is 0.295. The average Bonchev–Trinajstić information content (AvgIpc) is 3.23. The van der Waals surface area contributed by atoms with E-state index in [0.717, 1.165) is 48.2 Å². The highest BCUT2D eigenvalue weighted by Gasteiger charge is 2.22. The number of carbonyl (C=O) groups is 1. The molecule has 0 unspecified atom stereocenters. The number of para-hydroxylation sites is 1. The van der Waals surface area contributed by atoms with E-state index in [0.29, 0.717) is 29.6 Å². The number of carbonyl (C=O) groups excluding carboxylic acids is 1. The Morgan fingerprint density at radius 2 is 1.85 bits per heavy atom. The number of benzene rings is 2. The predicted octanol–water partition coefficient (Wildman–Crippen LogP) is 5.89. The highest BCUT2D eigenvalue weighted by atomic mass is 35.5. The van der Waals surface area contributed by atoms with Gasteiger partial charge in [-0.1, -0.05) is 43.2 Å². The Kier molecular flexibility index (Phi) is 10.9. The Balaban J connectivity index is 0.00000385. The van der Waals surface area contributed by atoms with E-state index < -0.39 is 0 Å². The zero-order valence-electron chi connectivity index (χ0n) is 19.9. The van der Waals surface area contributed by atoms with Crippen LogP contribution in [0.15, 0.2) is 42.5 Å². The van der Waals surface area contributed by atoms with Gasteiger partial charge in [0.05, 0.1) is 18.4 Å². The van der Waals surface area contributed by atoms with Gasteiger partial charge in [0.15, 0.2) is 5.13 Å². The van der Waals surface area contributed by atoms with Gasteiger partial charge in [-0.25, -0.2) is 4.98 Å². The maximum Gasteiger partial charge on any atom is 0.260 e. The molecule has 1 amide bonds. The molecule has 0 aliphatic heterocycles. The first-order valence-electron chi connectivity index (χ1n) is 11.2. The molecule has 0 bridgehead atoms. The molecular formula is C25H34ClN3O3S.